The molecule has 0 N–H and O–H groups in total. The summed E-state index contributed by atoms with van der Waals surface area (Å²) in [5, 5.41) is 0. The van der Waals surface area contributed by atoms with E-state index in [4.69, 9.17) is 9.15 Å². The van der Waals surface area contributed by atoms with Crippen molar-refractivity contribution in [3.63, 3.8) is 0 Å². The van der Waals surface area contributed by atoms with Crippen molar-refractivity contribution >= 4 is 15.9 Å². The molecule has 0 amide bonds. The molecule has 0 aliphatic rings. The summed E-state index contributed by atoms with van der Waals surface area (Å²) in [6, 6.07) is 9.88. The normalized spacial score (nSPS) is 12.8. The van der Waals surface area contributed by atoms with Crippen molar-refractivity contribution in [3.05, 3.63) is 60.6 Å². The van der Waals surface area contributed by atoms with Crippen LogP contribution in [0.15, 0.2) is 59.2 Å². The van der Waals surface area contributed by atoms with Crippen LogP contribution in [0.2, 0.25) is 0 Å². The van der Waals surface area contributed by atoms with E-state index in [-0.39, 0.29) is 0 Å². The number of hydrogen-bond acceptors (Lipinski definition) is 4. The number of ether oxygens (including phenoxy) is 1. The lowest BCUT2D eigenvalue weighted by Gasteiger charge is -2.33. The van der Waals surface area contributed by atoms with Crippen LogP contribution in [-0.4, -0.2) is 33.9 Å². The number of benzene rings is 1. The van der Waals surface area contributed by atoms with Gasteiger partial charge < -0.3 is 9.15 Å². The number of furan rings is 1. The summed E-state index contributed by atoms with van der Waals surface area (Å²) in [6.45, 7) is 5.80. The summed E-state index contributed by atoms with van der Waals surface area (Å²) in [5.41, 5.74) is 1.38. The molecule has 6 nitrogen and oxygen atoms in total. The van der Waals surface area contributed by atoms with Crippen molar-refractivity contribution in [3.8, 4) is 5.75 Å². The van der Waals surface area contributed by atoms with Gasteiger partial charge in [-0.05, 0) is 49.7 Å². The molecule has 2 aromatic rings. The first kappa shape index (κ1) is 19.1. The highest BCUT2D eigenvalue weighted by Crippen LogP contribution is 2.36. The first-order chi connectivity index (χ1) is 11.8. The zero-order valence-electron chi connectivity index (χ0n) is 15.0. The van der Waals surface area contributed by atoms with Crippen LogP contribution in [0.3, 0.4) is 0 Å². The molecule has 1 atom stereocenters. The maximum atomic E-state index is 13.1. The molecule has 1 heterocycles. The predicted octanol–water partition coefficient (Wildman–Crippen LogP) is 3.61. The van der Waals surface area contributed by atoms with Gasteiger partial charge >= 0.3 is 10.2 Å². The average molecular weight is 364 g/mol. The Balaban J connectivity index is 2.60. The highest BCUT2D eigenvalue weighted by molar-refractivity contribution is 7.90. The Bertz CT molecular complexity index is 796. The molecule has 2 rings (SSSR count). The van der Waals surface area contributed by atoms with Gasteiger partial charge in [0.1, 0.15) is 17.6 Å². The maximum Gasteiger partial charge on any atom is 0.304 e. The SMILES string of the molecule is C=C(C)CC(c1ccco1)N(c1ccc(OC)cc1)S(=O)(=O)N(C)C. The molecule has 0 bridgehead atoms. The second-order valence-corrected chi connectivity index (χ2v) is 8.00. The summed E-state index contributed by atoms with van der Waals surface area (Å²) in [5.74, 6) is 1.21. The van der Waals surface area contributed by atoms with E-state index in [0.717, 1.165) is 5.57 Å². The molecular weight excluding hydrogens is 340 g/mol. The maximum absolute atomic E-state index is 13.1. The van der Waals surface area contributed by atoms with Gasteiger partial charge in [0.15, 0.2) is 0 Å². The van der Waals surface area contributed by atoms with E-state index in [1.165, 1.54) is 29.0 Å². The van der Waals surface area contributed by atoms with Crippen LogP contribution in [0.25, 0.3) is 0 Å². The van der Waals surface area contributed by atoms with Crippen molar-refractivity contribution in [2.24, 2.45) is 0 Å². The van der Waals surface area contributed by atoms with Crippen LogP contribution in [0.5, 0.6) is 5.75 Å². The smallest absolute Gasteiger partial charge is 0.304 e. The van der Waals surface area contributed by atoms with Crippen molar-refractivity contribution in [2.45, 2.75) is 19.4 Å². The average Bonchev–Trinajstić information content (AvgIpc) is 3.08. The molecule has 0 fully saturated rings. The van der Waals surface area contributed by atoms with Gasteiger partial charge in [0, 0.05) is 14.1 Å². The van der Waals surface area contributed by atoms with E-state index in [1.54, 1.807) is 43.5 Å². The summed E-state index contributed by atoms with van der Waals surface area (Å²) in [7, 11) is 0.819. The van der Waals surface area contributed by atoms with Crippen LogP contribution >= 0.6 is 0 Å². The topological polar surface area (TPSA) is 63.0 Å². The molecule has 0 saturated heterocycles. The third-order valence-corrected chi connectivity index (χ3v) is 5.62. The molecule has 0 spiro atoms. The third kappa shape index (κ3) is 4.24. The van der Waals surface area contributed by atoms with Gasteiger partial charge in [0.05, 0.1) is 19.1 Å². The van der Waals surface area contributed by atoms with Gasteiger partial charge in [-0.25, -0.2) is 4.31 Å². The number of anilines is 1. The van der Waals surface area contributed by atoms with Gasteiger partial charge in [0.25, 0.3) is 0 Å². The van der Waals surface area contributed by atoms with Crippen LogP contribution in [0, 0.1) is 0 Å². The minimum Gasteiger partial charge on any atom is -0.497 e. The Morgan fingerprint density at radius 3 is 2.32 bits per heavy atom. The molecule has 1 unspecified atom stereocenters. The fraction of sp³-hybridized carbons (Fsp3) is 0.333. The fourth-order valence-electron chi connectivity index (χ4n) is 2.49. The van der Waals surface area contributed by atoms with E-state index in [2.05, 4.69) is 6.58 Å². The Kier molecular flexibility index (Phi) is 5.92. The summed E-state index contributed by atoms with van der Waals surface area (Å²) in [4.78, 5) is 0. The summed E-state index contributed by atoms with van der Waals surface area (Å²) >= 11 is 0. The second-order valence-electron chi connectivity index (χ2n) is 5.98. The van der Waals surface area contributed by atoms with Crippen LogP contribution in [0.1, 0.15) is 25.1 Å². The molecule has 7 heteroatoms. The molecule has 25 heavy (non-hydrogen) atoms. The van der Waals surface area contributed by atoms with E-state index in [1.807, 2.05) is 6.92 Å². The van der Waals surface area contributed by atoms with E-state index in [0.29, 0.717) is 23.6 Å². The Morgan fingerprint density at radius 2 is 1.88 bits per heavy atom. The first-order valence-electron chi connectivity index (χ1n) is 7.81. The highest BCUT2D eigenvalue weighted by Gasteiger charge is 2.34. The second kappa shape index (κ2) is 7.76. The first-order valence-corrected chi connectivity index (χ1v) is 9.20. The summed E-state index contributed by atoms with van der Waals surface area (Å²) < 4.78 is 39.3. The Hall–Kier alpha value is -2.25. The number of hydrogen-bond donors (Lipinski definition) is 0. The highest BCUT2D eigenvalue weighted by atomic mass is 32.2. The Morgan fingerprint density at radius 1 is 1.24 bits per heavy atom. The van der Waals surface area contributed by atoms with Crippen molar-refractivity contribution in [1.82, 2.24) is 4.31 Å². The molecule has 136 valence electrons. The summed E-state index contributed by atoms with van der Waals surface area (Å²) in [6.07, 6.45) is 1.97. The number of methoxy groups -OCH3 is 1. The predicted molar refractivity (Wildman–Crippen MR) is 99.0 cm³/mol. The molecule has 1 aromatic heterocycles. The van der Waals surface area contributed by atoms with E-state index >= 15 is 0 Å². The number of rotatable bonds is 8. The zero-order valence-corrected chi connectivity index (χ0v) is 15.8. The van der Waals surface area contributed by atoms with Crippen LogP contribution in [-0.2, 0) is 10.2 Å². The minimum atomic E-state index is -3.76. The number of nitrogens with zero attached hydrogens (tertiary/aromatic N) is 2. The van der Waals surface area contributed by atoms with Gasteiger partial charge in [-0.1, -0.05) is 5.57 Å². The minimum absolute atomic E-state index is 0.437. The lowest BCUT2D eigenvalue weighted by Crippen LogP contribution is -2.42. The quantitative estimate of drug-likeness (QED) is 0.671. The molecule has 0 saturated carbocycles. The third-order valence-electron chi connectivity index (χ3n) is 3.73. The molecule has 0 aliphatic heterocycles. The van der Waals surface area contributed by atoms with Crippen molar-refractivity contribution in [2.75, 3.05) is 25.5 Å². The molecule has 0 radical (unpaired) electrons. The van der Waals surface area contributed by atoms with Crippen LogP contribution in [0.4, 0.5) is 5.69 Å². The largest absolute Gasteiger partial charge is 0.497 e. The Labute approximate surface area is 149 Å². The van der Waals surface area contributed by atoms with Gasteiger partial charge in [-0.15, -0.1) is 6.58 Å². The lowest BCUT2D eigenvalue weighted by molar-refractivity contribution is 0.414. The van der Waals surface area contributed by atoms with Gasteiger partial charge in [0.2, 0.25) is 0 Å². The zero-order chi connectivity index (χ0) is 18.6. The van der Waals surface area contributed by atoms with Crippen molar-refractivity contribution < 1.29 is 17.6 Å². The van der Waals surface area contributed by atoms with Crippen LogP contribution < -0.4 is 9.04 Å². The standard InChI is InChI=1S/C18H24N2O4S/c1-14(2)13-17(18-7-6-12-24-18)20(25(21,22)19(3)4)15-8-10-16(23-5)11-9-15/h6-12,17H,1,13H2,2-5H3. The van der Waals surface area contributed by atoms with Gasteiger partial charge in [-0.3, -0.25) is 0 Å². The van der Waals surface area contributed by atoms with E-state index < -0.39 is 16.3 Å². The molecular formula is C18H24N2O4S. The lowest BCUT2D eigenvalue weighted by atomic mass is 10.1. The van der Waals surface area contributed by atoms with Gasteiger partial charge in [-0.2, -0.15) is 12.7 Å². The van der Waals surface area contributed by atoms with Crippen molar-refractivity contribution in [1.29, 1.82) is 0 Å². The molecule has 0 aliphatic carbocycles. The van der Waals surface area contributed by atoms with E-state index in [9.17, 15) is 8.42 Å². The monoisotopic (exact) mass is 364 g/mol. The fourth-order valence-corrected chi connectivity index (χ4v) is 3.73. The molecule has 1 aromatic carbocycles.